The molecule has 0 aromatic carbocycles. The first-order chi connectivity index (χ1) is 10.8. The van der Waals surface area contributed by atoms with Crippen molar-refractivity contribution in [2.45, 2.75) is 77.9 Å². The smallest absolute Gasteiger partial charge is 0.410 e. The van der Waals surface area contributed by atoms with Gasteiger partial charge in [-0.2, -0.15) is 0 Å². The van der Waals surface area contributed by atoms with Gasteiger partial charge >= 0.3 is 6.09 Å². The van der Waals surface area contributed by atoms with Crippen molar-refractivity contribution < 1.29 is 14.3 Å². The molecule has 2 atom stereocenters. The van der Waals surface area contributed by atoms with Crippen LogP contribution in [0.3, 0.4) is 0 Å². The first-order valence-electron chi connectivity index (χ1n) is 9.09. The topological polar surface area (TPSA) is 49.9 Å². The molecule has 0 bridgehead atoms. The average Bonchev–Trinajstić information content (AvgIpc) is 2.52. The average molecular weight is 324 g/mol. The fraction of sp³-hybridized carbons (Fsp3) is 0.889. The van der Waals surface area contributed by atoms with E-state index in [9.17, 15) is 9.59 Å². The number of piperidine rings is 2. The summed E-state index contributed by atoms with van der Waals surface area (Å²) in [4.78, 5) is 28.5. The summed E-state index contributed by atoms with van der Waals surface area (Å²) in [5.41, 5.74) is -0.459. The maximum atomic E-state index is 12.3. The van der Waals surface area contributed by atoms with Crippen LogP contribution in [0.25, 0.3) is 0 Å². The molecule has 5 heteroatoms. The fourth-order valence-electron chi connectivity index (χ4n) is 3.78. The van der Waals surface area contributed by atoms with E-state index >= 15 is 0 Å². The van der Waals surface area contributed by atoms with Crippen molar-refractivity contribution in [3.63, 3.8) is 0 Å². The number of rotatable bonds is 2. The van der Waals surface area contributed by atoms with Crippen molar-refractivity contribution >= 4 is 12.0 Å². The molecule has 2 aliphatic rings. The lowest BCUT2D eigenvalue weighted by atomic mass is 9.84. The molecular weight excluding hydrogens is 292 g/mol. The Kier molecular flexibility index (Phi) is 5.93. The van der Waals surface area contributed by atoms with Crippen molar-refractivity contribution in [2.24, 2.45) is 5.92 Å². The lowest BCUT2D eigenvalue weighted by Gasteiger charge is -2.44. The number of ether oxygens (including phenoxy) is 1. The largest absolute Gasteiger partial charge is 0.444 e. The molecule has 2 aliphatic heterocycles. The Bertz CT molecular complexity index is 430. The summed E-state index contributed by atoms with van der Waals surface area (Å²) < 4.78 is 5.51. The van der Waals surface area contributed by atoms with Crippen LogP contribution in [-0.4, -0.2) is 53.1 Å². The highest BCUT2D eigenvalue weighted by Crippen LogP contribution is 2.30. The van der Waals surface area contributed by atoms with Gasteiger partial charge in [0.25, 0.3) is 0 Å². The quantitative estimate of drug-likeness (QED) is 0.782. The van der Waals surface area contributed by atoms with Crippen LogP contribution in [0.1, 0.15) is 66.2 Å². The molecule has 2 saturated heterocycles. The van der Waals surface area contributed by atoms with Gasteiger partial charge in [-0.05, 0) is 58.8 Å². The van der Waals surface area contributed by atoms with Gasteiger partial charge in [-0.1, -0.05) is 6.92 Å². The van der Waals surface area contributed by atoms with Gasteiger partial charge in [-0.15, -0.1) is 0 Å². The van der Waals surface area contributed by atoms with Gasteiger partial charge in [-0.25, -0.2) is 4.79 Å². The second-order valence-electron chi connectivity index (χ2n) is 7.83. The summed E-state index contributed by atoms with van der Waals surface area (Å²) in [5.74, 6) is 0.635. The van der Waals surface area contributed by atoms with Gasteiger partial charge in [0.1, 0.15) is 5.60 Å². The van der Waals surface area contributed by atoms with Crippen LogP contribution < -0.4 is 0 Å². The van der Waals surface area contributed by atoms with E-state index in [-0.39, 0.29) is 12.0 Å². The first kappa shape index (κ1) is 18.1. The van der Waals surface area contributed by atoms with E-state index in [0.29, 0.717) is 24.9 Å². The predicted molar refractivity (Wildman–Crippen MR) is 90.2 cm³/mol. The van der Waals surface area contributed by atoms with E-state index < -0.39 is 5.60 Å². The molecule has 0 aliphatic carbocycles. The zero-order valence-electron chi connectivity index (χ0n) is 15.1. The van der Waals surface area contributed by atoms with E-state index in [1.54, 1.807) is 0 Å². The standard InChI is InChI=1S/C18H32N2O3/c1-5-16(21)20-12-7-6-10-15(20)14-9-8-11-19(13-14)17(22)23-18(2,3)4/h14-15H,5-13H2,1-4H3/t14-,15-/m0/s1. The Hall–Kier alpha value is -1.26. The minimum Gasteiger partial charge on any atom is -0.444 e. The number of carbonyl (C=O) groups excluding carboxylic acids is 2. The maximum absolute atomic E-state index is 12.3. The molecule has 2 rings (SSSR count). The molecule has 0 aromatic rings. The van der Waals surface area contributed by atoms with Crippen molar-refractivity contribution in [2.75, 3.05) is 19.6 Å². The molecular formula is C18H32N2O3. The Morgan fingerprint density at radius 3 is 2.48 bits per heavy atom. The summed E-state index contributed by atoms with van der Waals surface area (Å²) in [5, 5.41) is 0. The van der Waals surface area contributed by atoms with Crippen molar-refractivity contribution in [3.05, 3.63) is 0 Å². The van der Waals surface area contributed by atoms with Crippen LogP contribution in [0.15, 0.2) is 0 Å². The first-order valence-corrected chi connectivity index (χ1v) is 9.09. The SMILES string of the molecule is CCC(=O)N1CCCC[C@H]1[C@H]1CCCN(C(=O)OC(C)(C)C)C1. The van der Waals surface area contributed by atoms with Crippen LogP contribution in [0.4, 0.5) is 4.79 Å². The van der Waals surface area contributed by atoms with Gasteiger partial charge in [-0.3, -0.25) is 4.79 Å². The maximum Gasteiger partial charge on any atom is 0.410 e. The number of likely N-dealkylation sites (tertiary alicyclic amines) is 2. The summed E-state index contributed by atoms with van der Waals surface area (Å²) in [7, 11) is 0. The number of amides is 2. The van der Waals surface area contributed by atoms with Crippen LogP contribution in [0.2, 0.25) is 0 Å². The van der Waals surface area contributed by atoms with E-state index in [1.807, 2.05) is 32.6 Å². The second-order valence-corrected chi connectivity index (χ2v) is 7.83. The third-order valence-corrected chi connectivity index (χ3v) is 4.83. The molecule has 0 spiro atoms. The molecule has 2 heterocycles. The van der Waals surface area contributed by atoms with E-state index in [2.05, 4.69) is 4.90 Å². The number of nitrogens with zero attached hydrogens (tertiary/aromatic N) is 2. The van der Waals surface area contributed by atoms with Crippen LogP contribution in [-0.2, 0) is 9.53 Å². The number of hydrogen-bond donors (Lipinski definition) is 0. The van der Waals surface area contributed by atoms with Gasteiger partial charge in [0.05, 0.1) is 0 Å². The summed E-state index contributed by atoms with van der Waals surface area (Å²) in [6.07, 6.45) is 5.79. The highest BCUT2D eigenvalue weighted by molar-refractivity contribution is 5.76. The monoisotopic (exact) mass is 324 g/mol. The van der Waals surface area contributed by atoms with E-state index in [4.69, 9.17) is 4.74 Å². The van der Waals surface area contributed by atoms with Crippen LogP contribution in [0, 0.1) is 5.92 Å². The van der Waals surface area contributed by atoms with Gasteiger partial charge in [0, 0.05) is 32.1 Å². The lowest BCUT2D eigenvalue weighted by Crippen LogP contribution is -2.53. The van der Waals surface area contributed by atoms with E-state index in [1.165, 1.54) is 6.42 Å². The molecule has 2 fully saturated rings. The molecule has 5 nitrogen and oxygen atoms in total. The van der Waals surface area contributed by atoms with Gasteiger partial charge in [0.15, 0.2) is 0 Å². The molecule has 23 heavy (non-hydrogen) atoms. The normalized spacial score (nSPS) is 26.1. The molecule has 0 saturated carbocycles. The molecule has 0 aromatic heterocycles. The fourth-order valence-corrected chi connectivity index (χ4v) is 3.78. The second kappa shape index (κ2) is 7.54. The predicted octanol–water partition coefficient (Wildman–Crippen LogP) is 3.42. The zero-order chi connectivity index (χ0) is 17.0. The third-order valence-electron chi connectivity index (χ3n) is 4.83. The molecule has 132 valence electrons. The highest BCUT2D eigenvalue weighted by Gasteiger charge is 2.36. The summed E-state index contributed by atoms with van der Waals surface area (Å²) in [6.45, 7) is 9.98. The summed E-state index contributed by atoms with van der Waals surface area (Å²) >= 11 is 0. The minimum absolute atomic E-state index is 0.216. The third kappa shape index (κ3) is 4.85. The highest BCUT2D eigenvalue weighted by atomic mass is 16.6. The van der Waals surface area contributed by atoms with Crippen molar-refractivity contribution in [1.29, 1.82) is 0 Å². The molecule has 2 amide bonds. The van der Waals surface area contributed by atoms with Crippen LogP contribution in [0.5, 0.6) is 0 Å². The van der Waals surface area contributed by atoms with Gasteiger partial charge < -0.3 is 14.5 Å². The summed E-state index contributed by atoms with van der Waals surface area (Å²) in [6, 6.07) is 0.293. The molecule has 0 N–H and O–H groups in total. The van der Waals surface area contributed by atoms with Crippen molar-refractivity contribution in [1.82, 2.24) is 9.80 Å². The zero-order valence-corrected chi connectivity index (χ0v) is 15.1. The van der Waals surface area contributed by atoms with Crippen LogP contribution >= 0.6 is 0 Å². The Morgan fingerprint density at radius 2 is 1.83 bits per heavy atom. The number of hydrogen-bond acceptors (Lipinski definition) is 3. The molecule has 0 unspecified atom stereocenters. The lowest BCUT2D eigenvalue weighted by molar-refractivity contribution is -0.136. The Balaban J connectivity index is 2.01. The van der Waals surface area contributed by atoms with E-state index in [0.717, 1.165) is 38.8 Å². The van der Waals surface area contributed by atoms with Crippen molar-refractivity contribution in [3.8, 4) is 0 Å². The van der Waals surface area contributed by atoms with Gasteiger partial charge in [0.2, 0.25) is 5.91 Å². The number of carbonyl (C=O) groups is 2. The molecule has 0 radical (unpaired) electrons. The Morgan fingerprint density at radius 1 is 1.09 bits per heavy atom. The minimum atomic E-state index is -0.459. The Labute approximate surface area is 140 Å².